The number of hydrogen-bond donors (Lipinski definition) is 2. The monoisotopic (exact) mass is 270 g/mol. The van der Waals surface area contributed by atoms with Crippen molar-refractivity contribution in [2.24, 2.45) is 5.73 Å². The molecule has 1 amide bonds. The van der Waals surface area contributed by atoms with Crippen molar-refractivity contribution in [2.75, 3.05) is 6.61 Å². The molecule has 1 aromatic heterocycles. The van der Waals surface area contributed by atoms with Gasteiger partial charge in [-0.05, 0) is 42.7 Å². The number of carbonyl (C=O) groups is 2. The van der Waals surface area contributed by atoms with Crippen LogP contribution in [0.5, 0.6) is 0 Å². The third kappa shape index (κ3) is 4.46. The number of nitrogens with one attached hydrogen (secondary N) is 1. The van der Waals surface area contributed by atoms with Gasteiger partial charge in [-0.1, -0.05) is 0 Å². The highest BCUT2D eigenvalue weighted by atomic mass is 32.1. The van der Waals surface area contributed by atoms with Crippen LogP contribution in [0.4, 0.5) is 0 Å². The van der Waals surface area contributed by atoms with Crippen LogP contribution >= 0.6 is 11.3 Å². The summed E-state index contributed by atoms with van der Waals surface area (Å²) in [4.78, 5) is 22.9. The van der Waals surface area contributed by atoms with Gasteiger partial charge < -0.3 is 15.8 Å². The minimum absolute atomic E-state index is 0.0763. The van der Waals surface area contributed by atoms with Gasteiger partial charge in [-0.3, -0.25) is 4.79 Å². The Labute approximate surface area is 110 Å². The fourth-order valence-electron chi connectivity index (χ4n) is 1.49. The molecule has 0 radical (unpaired) electrons. The van der Waals surface area contributed by atoms with Crippen molar-refractivity contribution >= 4 is 23.2 Å². The number of amides is 1. The van der Waals surface area contributed by atoms with Crippen LogP contribution < -0.4 is 11.1 Å². The van der Waals surface area contributed by atoms with Gasteiger partial charge in [0.25, 0.3) is 0 Å². The van der Waals surface area contributed by atoms with Crippen LogP contribution in [0.15, 0.2) is 16.8 Å². The number of carbonyl (C=O) groups excluding carboxylic acids is 2. The van der Waals surface area contributed by atoms with E-state index < -0.39 is 17.9 Å². The molecule has 100 valence electrons. The third-order valence-electron chi connectivity index (χ3n) is 2.33. The maximum Gasteiger partial charge on any atom is 0.332 e. The molecule has 0 aliphatic carbocycles. The van der Waals surface area contributed by atoms with E-state index in [-0.39, 0.29) is 12.6 Å². The average Bonchev–Trinajstić information content (AvgIpc) is 2.80. The Hall–Kier alpha value is -1.40. The van der Waals surface area contributed by atoms with Crippen LogP contribution in [-0.4, -0.2) is 30.6 Å². The molecule has 0 aromatic carbocycles. The lowest BCUT2D eigenvalue weighted by atomic mass is 10.1. The highest BCUT2D eigenvalue weighted by Crippen LogP contribution is 2.08. The molecule has 5 nitrogen and oxygen atoms in total. The minimum atomic E-state index is -1.25. The summed E-state index contributed by atoms with van der Waals surface area (Å²) in [5, 5.41) is 6.70. The van der Waals surface area contributed by atoms with Gasteiger partial charge in [0.2, 0.25) is 5.91 Å². The molecule has 1 rings (SSSR count). The SMILES string of the molecule is CCOC(=O)C(N)C(=O)NC(C)Cc1ccsc1. The van der Waals surface area contributed by atoms with Gasteiger partial charge in [0.15, 0.2) is 6.04 Å². The van der Waals surface area contributed by atoms with Crippen molar-refractivity contribution in [1.29, 1.82) is 0 Å². The van der Waals surface area contributed by atoms with Crippen LogP contribution in [-0.2, 0) is 20.7 Å². The molecule has 2 atom stereocenters. The molecule has 2 unspecified atom stereocenters. The van der Waals surface area contributed by atoms with Crippen LogP contribution in [0, 0.1) is 0 Å². The number of nitrogens with two attached hydrogens (primary N) is 1. The lowest BCUT2D eigenvalue weighted by Crippen LogP contribution is -2.49. The zero-order valence-corrected chi connectivity index (χ0v) is 11.3. The number of hydrogen-bond acceptors (Lipinski definition) is 5. The van der Waals surface area contributed by atoms with Crippen molar-refractivity contribution in [2.45, 2.75) is 32.4 Å². The molecule has 0 spiro atoms. The Morgan fingerprint density at radius 2 is 2.28 bits per heavy atom. The first kappa shape index (κ1) is 14.7. The van der Waals surface area contributed by atoms with E-state index in [1.54, 1.807) is 18.3 Å². The number of ether oxygens (including phenoxy) is 1. The van der Waals surface area contributed by atoms with E-state index in [4.69, 9.17) is 5.73 Å². The van der Waals surface area contributed by atoms with Gasteiger partial charge in [0.1, 0.15) is 0 Å². The van der Waals surface area contributed by atoms with Crippen molar-refractivity contribution in [1.82, 2.24) is 5.32 Å². The Morgan fingerprint density at radius 1 is 1.56 bits per heavy atom. The molecule has 0 fully saturated rings. The van der Waals surface area contributed by atoms with Gasteiger partial charge in [0.05, 0.1) is 6.61 Å². The van der Waals surface area contributed by atoms with E-state index >= 15 is 0 Å². The molecule has 18 heavy (non-hydrogen) atoms. The first-order chi connectivity index (χ1) is 8.54. The zero-order valence-electron chi connectivity index (χ0n) is 10.5. The van der Waals surface area contributed by atoms with Gasteiger partial charge in [-0.2, -0.15) is 11.3 Å². The summed E-state index contributed by atoms with van der Waals surface area (Å²) in [7, 11) is 0. The topological polar surface area (TPSA) is 81.4 Å². The van der Waals surface area contributed by atoms with E-state index in [1.165, 1.54) is 0 Å². The Kier molecular flexibility index (Phi) is 5.80. The summed E-state index contributed by atoms with van der Waals surface area (Å²) in [5.41, 5.74) is 6.63. The predicted octanol–water partition coefficient (Wildman–Crippen LogP) is 0.686. The number of rotatable bonds is 6. The molecule has 0 saturated carbocycles. The third-order valence-corrected chi connectivity index (χ3v) is 3.07. The van der Waals surface area contributed by atoms with Gasteiger partial charge in [-0.15, -0.1) is 0 Å². The fraction of sp³-hybridized carbons (Fsp3) is 0.500. The van der Waals surface area contributed by atoms with E-state index in [2.05, 4.69) is 10.1 Å². The minimum Gasteiger partial charge on any atom is -0.464 e. The Morgan fingerprint density at radius 3 is 2.83 bits per heavy atom. The number of thiophene rings is 1. The van der Waals surface area contributed by atoms with E-state index in [0.717, 1.165) is 5.56 Å². The second-order valence-electron chi connectivity index (χ2n) is 3.98. The highest BCUT2D eigenvalue weighted by molar-refractivity contribution is 7.07. The summed E-state index contributed by atoms with van der Waals surface area (Å²) in [6.07, 6.45) is 0.713. The first-order valence-corrected chi connectivity index (χ1v) is 6.72. The van der Waals surface area contributed by atoms with E-state index in [1.807, 2.05) is 23.8 Å². The van der Waals surface area contributed by atoms with Crippen LogP contribution in [0.25, 0.3) is 0 Å². The standard InChI is InChI=1S/C12H18N2O3S/c1-3-17-12(16)10(13)11(15)14-8(2)6-9-4-5-18-7-9/h4-5,7-8,10H,3,6,13H2,1-2H3,(H,14,15). The van der Waals surface area contributed by atoms with Crippen LogP contribution in [0.2, 0.25) is 0 Å². The normalized spacial score (nSPS) is 13.7. The summed E-state index contributed by atoms with van der Waals surface area (Å²) in [5.74, 6) is -1.20. The number of esters is 1. The lowest BCUT2D eigenvalue weighted by Gasteiger charge is -2.16. The molecular formula is C12H18N2O3S. The smallest absolute Gasteiger partial charge is 0.332 e. The van der Waals surface area contributed by atoms with Gasteiger partial charge in [-0.25, -0.2) is 4.79 Å². The molecule has 0 aliphatic rings. The van der Waals surface area contributed by atoms with E-state index in [9.17, 15) is 9.59 Å². The van der Waals surface area contributed by atoms with Gasteiger partial charge in [0, 0.05) is 6.04 Å². The zero-order chi connectivity index (χ0) is 13.5. The second-order valence-corrected chi connectivity index (χ2v) is 4.76. The van der Waals surface area contributed by atoms with Crippen molar-refractivity contribution in [3.05, 3.63) is 22.4 Å². The van der Waals surface area contributed by atoms with E-state index in [0.29, 0.717) is 6.42 Å². The second kappa shape index (κ2) is 7.13. The van der Waals surface area contributed by atoms with Crippen LogP contribution in [0.3, 0.4) is 0 Å². The molecule has 1 heterocycles. The molecule has 1 aromatic rings. The molecule has 3 N–H and O–H groups in total. The van der Waals surface area contributed by atoms with Crippen molar-refractivity contribution in [3.8, 4) is 0 Å². The molecule has 0 bridgehead atoms. The van der Waals surface area contributed by atoms with Crippen LogP contribution in [0.1, 0.15) is 19.4 Å². The van der Waals surface area contributed by atoms with Gasteiger partial charge >= 0.3 is 5.97 Å². The highest BCUT2D eigenvalue weighted by Gasteiger charge is 2.24. The Balaban J connectivity index is 2.41. The molecule has 6 heteroatoms. The predicted molar refractivity (Wildman–Crippen MR) is 70.2 cm³/mol. The lowest BCUT2D eigenvalue weighted by molar-refractivity contribution is -0.148. The maximum absolute atomic E-state index is 11.7. The molecular weight excluding hydrogens is 252 g/mol. The Bertz CT molecular complexity index is 392. The largest absolute Gasteiger partial charge is 0.464 e. The molecule has 0 aliphatic heterocycles. The average molecular weight is 270 g/mol. The summed E-state index contributed by atoms with van der Waals surface area (Å²) < 4.78 is 4.69. The summed E-state index contributed by atoms with van der Waals surface area (Å²) in [6, 6.07) is 0.668. The summed E-state index contributed by atoms with van der Waals surface area (Å²) in [6.45, 7) is 3.75. The van der Waals surface area contributed by atoms with Crippen molar-refractivity contribution < 1.29 is 14.3 Å². The quantitative estimate of drug-likeness (QED) is 0.588. The molecule has 0 saturated heterocycles. The first-order valence-electron chi connectivity index (χ1n) is 5.78. The van der Waals surface area contributed by atoms with Crippen molar-refractivity contribution in [3.63, 3.8) is 0 Å². The maximum atomic E-state index is 11.7. The summed E-state index contributed by atoms with van der Waals surface area (Å²) >= 11 is 1.61. The fourth-order valence-corrected chi connectivity index (χ4v) is 2.17.